The Hall–Kier alpha value is -2.45. The summed E-state index contributed by atoms with van der Waals surface area (Å²) >= 11 is 1.99. The Labute approximate surface area is 229 Å². The number of benzene rings is 1. The highest BCUT2D eigenvalue weighted by Crippen LogP contribution is 2.33. The van der Waals surface area contributed by atoms with Crippen molar-refractivity contribution in [1.82, 2.24) is 5.32 Å². The summed E-state index contributed by atoms with van der Waals surface area (Å²) in [5.74, 6) is -1.77. The Morgan fingerprint density at radius 3 is 2.11 bits per heavy atom. The van der Waals surface area contributed by atoms with Gasteiger partial charge in [-0.2, -0.15) is 0 Å². The zero-order chi connectivity index (χ0) is 27.8. The lowest BCUT2D eigenvalue weighted by atomic mass is 10.0. The van der Waals surface area contributed by atoms with E-state index in [-0.39, 0.29) is 13.2 Å². The Morgan fingerprint density at radius 2 is 1.57 bits per heavy atom. The monoisotopic (exact) mass is 635 g/mol. The lowest BCUT2D eigenvalue weighted by molar-refractivity contribution is -0.261. The number of amides is 1. The molecular weight excluding hydrogens is 601 g/mol. The van der Waals surface area contributed by atoms with Crippen LogP contribution in [0.25, 0.3) is 0 Å². The molecule has 1 aliphatic heterocycles. The van der Waals surface area contributed by atoms with Crippen LogP contribution in [0.3, 0.4) is 0 Å². The molecule has 0 unspecified atom stereocenters. The number of halogens is 1. The van der Waals surface area contributed by atoms with Crippen molar-refractivity contribution in [2.45, 2.75) is 81.7 Å². The first-order valence-electron chi connectivity index (χ1n) is 11.7. The van der Waals surface area contributed by atoms with Gasteiger partial charge < -0.3 is 33.7 Å². The summed E-state index contributed by atoms with van der Waals surface area (Å²) in [5.41, 5.74) is 0.0683. The largest absolute Gasteiger partial charge is 0.463 e. The van der Waals surface area contributed by atoms with Crippen LogP contribution in [-0.2, 0) is 42.8 Å². The minimum absolute atomic E-state index is 0.0290. The van der Waals surface area contributed by atoms with Gasteiger partial charge in [0.25, 0.3) is 0 Å². The molecule has 37 heavy (non-hydrogen) atoms. The van der Waals surface area contributed by atoms with E-state index < -0.39 is 64.2 Å². The van der Waals surface area contributed by atoms with Crippen LogP contribution in [0.15, 0.2) is 30.3 Å². The van der Waals surface area contributed by atoms with Crippen molar-refractivity contribution in [1.29, 1.82) is 0 Å². The normalized spacial score (nSPS) is 24.4. The molecule has 0 bridgehead atoms. The minimum Gasteiger partial charge on any atom is -0.463 e. The molecule has 0 radical (unpaired) electrons. The first-order chi connectivity index (χ1) is 17.3. The first-order valence-corrected chi connectivity index (χ1v) is 12.9. The van der Waals surface area contributed by atoms with E-state index in [4.69, 9.17) is 28.4 Å². The molecule has 1 N–H and O–H groups in total. The molecule has 0 spiro atoms. The second kappa shape index (κ2) is 13.9. The van der Waals surface area contributed by atoms with Crippen LogP contribution in [-0.4, -0.2) is 71.3 Å². The van der Waals surface area contributed by atoms with Gasteiger partial charge in [-0.05, 0) is 26.3 Å². The number of nitrogens with one attached hydrogen (secondary N) is 1. The molecule has 1 aliphatic rings. The van der Waals surface area contributed by atoms with Gasteiger partial charge in [0, 0.05) is 20.8 Å². The lowest BCUT2D eigenvalue weighted by Crippen LogP contribution is -2.60. The molecule has 11 nitrogen and oxygen atoms in total. The lowest BCUT2D eigenvalue weighted by Gasteiger charge is -2.43. The van der Waals surface area contributed by atoms with Gasteiger partial charge in [0.2, 0.25) is 0 Å². The molecule has 1 aromatic rings. The predicted molar refractivity (Wildman–Crippen MR) is 139 cm³/mol. The number of hydrogen-bond donors (Lipinski definition) is 1. The Morgan fingerprint density at radius 1 is 0.973 bits per heavy atom. The second-order valence-electron chi connectivity index (χ2n) is 9.38. The zero-order valence-electron chi connectivity index (χ0n) is 21.7. The molecular formula is C25H34INO10. The van der Waals surface area contributed by atoms with Gasteiger partial charge in [0.15, 0.2) is 18.5 Å². The third kappa shape index (κ3) is 10.4. The fraction of sp³-hybridized carbons (Fsp3) is 0.600. The topological polar surface area (TPSA) is 136 Å². The van der Waals surface area contributed by atoms with Crippen LogP contribution in [0.1, 0.15) is 53.1 Å². The maximum absolute atomic E-state index is 12.5. The van der Waals surface area contributed by atoms with Gasteiger partial charge in [-0.1, -0.05) is 52.9 Å². The highest BCUT2D eigenvalue weighted by Gasteiger charge is 2.50. The fourth-order valence-electron chi connectivity index (χ4n) is 3.54. The van der Waals surface area contributed by atoms with Crippen molar-refractivity contribution < 1.29 is 47.6 Å². The van der Waals surface area contributed by atoms with E-state index >= 15 is 0 Å². The van der Waals surface area contributed by atoms with E-state index in [1.165, 1.54) is 20.8 Å². The van der Waals surface area contributed by atoms with E-state index in [1.807, 2.05) is 52.9 Å². The number of alkyl halides is 1. The Kier molecular flexibility index (Phi) is 11.6. The van der Waals surface area contributed by atoms with Crippen molar-refractivity contribution in [2.75, 3.05) is 13.2 Å². The molecule has 1 amide bonds. The third-order valence-electron chi connectivity index (χ3n) is 4.95. The SMILES string of the molecule is CC(=O)OC[C@H]1O[C@H](OC[C@H](NC(=O)OC(C)(C)C)c2ccccc2)[C@@H](I)[C@@H](OC(C)=O)[C@@H]1OC(C)=O. The maximum Gasteiger partial charge on any atom is 0.408 e. The maximum atomic E-state index is 12.5. The van der Waals surface area contributed by atoms with Crippen LogP contribution < -0.4 is 5.32 Å². The summed E-state index contributed by atoms with van der Waals surface area (Å²) in [5, 5.41) is 2.81. The summed E-state index contributed by atoms with van der Waals surface area (Å²) in [6.45, 7) is 8.67. The van der Waals surface area contributed by atoms with Crippen molar-refractivity contribution in [3.8, 4) is 0 Å². The molecule has 1 fully saturated rings. The predicted octanol–water partition coefficient (Wildman–Crippen LogP) is 3.22. The first kappa shape index (κ1) is 30.8. The smallest absolute Gasteiger partial charge is 0.408 e. The van der Waals surface area contributed by atoms with Crippen molar-refractivity contribution >= 4 is 46.6 Å². The van der Waals surface area contributed by atoms with E-state index in [0.29, 0.717) is 0 Å². The number of rotatable bonds is 9. The fourth-order valence-corrected chi connectivity index (χ4v) is 4.48. The molecule has 1 heterocycles. The van der Waals surface area contributed by atoms with Crippen molar-refractivity contribution in [2.24, 2.45) is 0 Å². The summed E-state index contributed by atoms with van der Waals surface area (Å²) in [6, 6.07) is 8.55. The molecule has 6 atom stereocenters. The zero-order valence-corrected chi connectivity index (χ0v) is 23.9. The van der Waals surface area contributed by atoms with Gasteiger partial charge in [-0.25, -0.2) is 4.79 Å². The molecule has 12 heteroatoms. The molecule has 0 aliphatic carbocycles. The van der Waals surface area contributed by atoms with Gasteiger partial charge in [-0.15, -0.1) is 0 Å². The quantitative estimate of drug-likeness (QED) is 0.187. The van der Waals surface area contributed by atoms with E-state index in [2.05, 4.69) is 5.32 Å². The Balaban J connectivity index is 2.26. The Bertz CT molecular complexity index is 935. The molecule has 2 rings (SSSR count). The van der Waals surface area contributed by atoms with Crippen LogP contribution in [0.4, 0.5) is 4.79 Å². The van der Waals surface area contributed by atoms with Gasteiger partial charge in [0.05, 0.1) is 12.6 Å². The number of carbonyl (C=O) groups excluding carboxylic acids is 4. The summed E-state index contributed by atoms with van der Waals surface area (Å²) in [6.07, 6.45) is -4.55. The highest BCUT2D eigenvalue weighted by molar-refractivity contribution is 14.1. The minimum atomic E-state index is -1.03. The average molecular weight is 635 g/mol. The van der Waals surface area contributed by atoms with Crippen LogP contribution >= 0.6 is 22.6 Å². The summed E-state index contributed by atoms with van der Waals surface area (Å²) in [7, 11) is 0. The average Bonchev–Trinajstić information content (AvgIpc) is 2.78. The van der Waals surface area contributed by atoms with E-state index in [9.17, 15) is 19.2 Å². The van der Waals surface area contributed by atoms with E-state index in [0.717, 1.165) is 5.56 Å². The third-order valence-corrected chi connectivity index (χ3v) is 6.24. The second-order valence-corrected chi connectivity index (χ2v) is 10.8. The van der Waals surface area contributed by atoms with Gasteiger partial charge >= 0.3 is 24.0 Å². The van der Waals surface area contributed by atoms with Crippen LogP contribution in [0, 0.1) is 0 Å². The number of esters is 3. The highest BCUT2D eigenvalue weighted by atomic mass is 127. The molecule has 0 aromatic heterocycles. The van der Waals surface area contributed by atoms with Crippen LogP contribution in [0.2, 0.25) is 0 Å². The standard InChI is InChI=1S/C25H34INO10/c1-14(28)32-13-19-21(34-15(2)29)22(35-16(3)30)20(26)23(36-19)33-12-18(17-10-8-7-9-11-17)27-24(31)37-25(4,5)6/h7-11,18-23H,12-13H2,1-6H3,(H,27,31)/t18-,19+,20-,21+,22+,23-/m0/s1. The van der Waals surface area contributed by atoms with E-state index in [1.54, 1.807) is 20.8 Å². The van der Waals surface area contributed by atoms with Gasteiger partial charge in [-0.3, -0.25) is 14.4 Å². The van der Waals surface area contributed by atoms with Gasteiger partial charge in [0.1, 0.15) is 22.2 Å². The number of carbonyl (C=O) groups is 4. The molecule has 1 saturated heterocycles. The number of hydrogen-bond acceptors (Lipinski definition) is 10. The number of ether oxygens (including phenoxy) is 6. The molecule has 0 saturated carbocycles. The van der Waals surface area contributed by atoms with Crippen LogP contribution in [0.5, 0.6) is 0 Å². The van der Waals surface area contributed by atoms with Crippen molar-refractivity contribution in [3.63, 3.8) is 0 Å². The summed E-state index contributed by atoms with van der Waals surface area (Å²) < 4.78 is 32.9. The molecule has 206 valence electrons. The van der Waals surface area contributed by atoms with Crippen molar-refractivity contribution in [3.05, 3.63) is 35.9 Å². The summed E-state index contributed by atoms with van der Waals surface area (Å²) in [4.78, 5) is 47.6. The molecule has 1 aromatic carbocycles. The number of alkyl carbamates (subject to hydrolysis) is 1.